The maximum atomic E-state index is 12.2. The highest BCUT2D eigenvalue weighted by atomic mass is 32.1. The number of nitrogens with zero attached hydrogens (tertiary/aromatic N) is 3. The molecule has 0 saturated carbocycles. The van der Waals surface area contributed by atoms with E-state index in [9.17, 15) is 14.9 Å². The topological polar surface area (TPSA) is 77.5 Å². The smallest absolute Gasteiger partial charge is 0.272 e. The number of aryl methyl sites for hydroxylation is 3. The van der Waals surface area contributed by atoms with Crippen molar-refractivity contribution in [2.75, 3.05) is 0 Å². The Hall–Kier alpha value is -3.06. The molecule has 0 aliphatic carbocycles. The molecule has 26 heavy (non-hydrogen) atoms. The van der Waals surface area contributed by atoms with E-state index in [0.717, 1.165) is 10.2 Å². The predicted molar refractivity (Wildman–Crippen MR) is 103 cm³/mol. The minimum Gasteiger partial charge on any atom is -0.319 e. The molecule has 132 valence electrons. The molecule has 0 aliphatic heterocycles. The molecule has 0 N–H and O–H groups in total. The van der Waals surface area contributed by atoms with E-state index in [1.165, 1.54) is 40.7 Å². The lowest BCUT2D eigenvalue weighted by molar-refractivity contribution is -0.384. The molecule has 0 atom stereocenters. The van der Waals surface area contributed by atoms with Gasteiger partial charge in [0.25, 0.3) is 11.6 Å². The van der Waals surface area contributed by atoms with Crippen LogP contribution in [0.3, 0.4) is 0 Å². The number of amides is 1. The van der Waals surface area contributed by atoms with Crippen LogP contribution in [0, 0.1) is 24.0 Å². The SMILES string of the molecule is Cc1ccc2sc(=NC(=O)/C=C/c3ccc([N+](=O)[O-])cc3)n(C)c2c1C. The van der Waals surface area contributed by atoms with Crippen LogP contribution in [0.5, 0.6) is 0 Å². The summed E-state index contributed by atoms with van der Waals surface area (Å²) in [5, 5.41) is 10.6. The number of rotatable bonds is 3. The highest BCUT2D eigenvalue weighted by Gasteiger charge is 2.08. The average Bonchev–Trinajstić information content (AvgIpc) is 2.93. The van der Waals surface area contributed by atoms with Crippen LogP contribution in [-0.2, 0) is 11.8 Å². The number of non-ortho nitro benzene ring substituents is 1. The van der Waals surface area contributed by atoms with Gasteiger partial charge in [-0.15, -0.1) is 0 Å². The summed E-state index contributed by atoms with van der Waals surface area (Å²) >= 11 is 1.47. The van der Waals surface area contributed by atoms with Gasteiger partial charge in [0.05, 0.1) is 15.1 Å². The van der Waals surface area contributed by atoms with Crippen LogP contribution in [0.2, 0.25) is 0 Å². The fourth-order valence-electron chi connectivity index (χ4n) is 2.64. The first-order valence-corrected chi connectivity index (χ1v) is 8.75. The molecule has 0 radical (unpaired) electrons. The maximum Gasteiger partial charge on any atom is 0.272 e. The van der Waals surface area contributed by atoms with E-state index < -0.39 is 4.92 Å². The van der Waals surface area contributed by atoms with Gasteiger partial charge in [-0.05, 0) is 54.8 Å². The normalized spacial score (nSPS) is 12.2. The van der Waals surface area contributed by atoms with Crippen molar-refractivity contribution < 1.29 is 9.72 Å². The van der Waals surface area contributed by atoms with Crippen molar-refractivity contribution in [3.05, 3.63) is 74.1 Å². The molecule has 0 fully saturated rings. The molecule has 1 amide bonds. The zero-order valence-electron chi connectivity index (χ0n) is 14.6. The molecule has 3 aromatic rings. The number of carbonyl (C=O) groups is 1. The summed E-state index contributed by atoms with van der Waals surface area (Å²) in [6, 6.07) is 10.1. The zero-order chi connectivity index (χ0) is 18.8. The second-order valence-corrected chi connectivity index (χ2v) is 6.94. The van der Waals surface area contributed by atoms with Gasteiger partial charge in [0.1, 0.15) is 0 Å². The fourth-order valence-corrected chi connectivity index (χ4v) is 3.73. The van der Waals surface area contributed by atoms with Gasteiger partial charge in [0.15, 0.2) is 4.80 Å². The Morgan fingerprint density at radius 2 is 1.88 bits per heavy atom. The van der Waals surface area contributed by atoms with Crippen LogP contribution in [0.25, 0.3) is 16.3 Å². The number of nitro benzene ring substituents is 1. The van der Waals surface area contributed by atoms with Crippen molar-refractivity contribution in [2.24, 2.45) is 12.0 Å². The van der Waals surface area contributed by atoms with Crippen molar-refractivity contribution in [3.63, 3.8) is 0 Å². The van der Waals surface area contributed by atoms with E-state index in [-0.39, 0.29) is 11.6 Å². The molecule has 0 saturated heterocycles. The summed E-state index contributed by atoms with van der Waals surface area (Å²) in [6.07, 6.45) is 2.96. The van der Waals surface area contributed by atoms with E-state index in [0.29, 0.717) is 10.4 Å². The largest absolute Gasteiger partial charge is 0.319 e. The summed E-state index contributed by atoms with van der Waals surface area (Å²) in [5.74, 6) is -0.375. The third-order valence-electron chi connectivity index (χ3n) is 4.22. The summed E-state index contributed by atoms with van der Waals surface area (Å²) in [7, 11) is 1.90. The van der Waals surface area contributed by atoms with Crippen molar-refractivity contribution in [1.29, 1.82) is 0 Å². The number of nitro groups is 1. The number of benzene rings is 2. The lowest BCUT2D eigenvalue weighted by atomic mass is 10.1. The summed E-state index contributed by atoms with van der Waals surface area (Å²) in [5.41, 5.74) is 4.17. The highest BCUT2D eigenvalue weighted by Crippen LogP contribution is 2.23. The van der Waals surface area contributed by atoms with E-state index in [1.807, 2.05) is 17.7 Å². The molecule has 0 bridgehead atoms. The predicted octanol–water partition coefficient (Wildman–Crippen LogP) is 3.91. The van der Waals surface area contributed by atoms with Gasteiger partial charge in [0.2, 0.25) is 0 Å². The first kappa shape index (κ1) is 17.8. The van der Waals surface area contributed by atoms with Crippen LogP contribution < -0.4 is 4.80 Å². The van der Waals surface area contributed by atoms with Gasteiger partial charge < -0.3 is 4.57 Å². The van der Waals surface area contributed by atoms with E-state index in [1.54, 1.807) is 18.2 Å². The molecule has 6 nitrogen and oxygen atoms in total. The number of hydrogen-bond donors (Lipinski definition) is 0. The van der Waals surface area contributed by atoms with Crippen molar-refractivity contribution in [2.45, 2.75) is 13.8 Å². The van der Waals surface area contributed by atoms with Crippen LogP contribution in [0.15, 0.2) is 47.5 Å². The molecule has 0 unspecified atom stereocenters. The van der Waals surface area contributed by atoms with E-state index >= 15 is 0 Å². The lowest BCUT2D eigenvalue weighted by Gasteiger charge is -2.03. The van der Waals surface area contributed by atoms with Gasteiger partial charge >= 0.3 is 0 Å². The van der Waals surface area contributed by atoms with Crippen molar-refractivity contribution in [1.82, 2.24) is 4.57 Å². The van der Waals surface area contributed by atoms with Gasteiger partial charge in [-0.25, -0.2) is 0 Å². The summed E-state index contributed by atoms with van der Waals surface area (Å²) in [6.45, 7) is 4.12. The standard InChI is InChI=1S/C19H17N3O3S/c1-12-4-10-16-18(13(12)2)21(3)19(26-16)20-17(23)11-7-14-5-8-15(9-6-14)22(24)25/h4-11H,1-3H3/b11-7+,20-19?. The van der Waals surface area contributed by atoms with Crippen LogP contribution in [0.1, 0.15) is 16.7 Å². The Bertz CT molecular complexity index is 1110. The summed E-state index contributed by atoms with van der Waals surface area (Å²) < 4.78 is 3.02. The summed E-state index contributed by atoms with van der Waals surface area (Å²) in [4.78, 5) is 27.2. The van der Waals surface area contributed by atoms with Crippen LogP contribution in [-0.4, -0.2) is 15.4 Å². The lowest BCUT2D eigenvalue weighted by Crippen LogP contribution is -2.12. The van der Waals surface area contributed by atoms with Gasteiger partial charge in [-0.3, -0.25) is 14.9 Å². The molecule has 0 aliphatic rings. The first-order chi connectivity index (χ1) is 12.4. The third kappa shape index (κ3) is 3.48. The fraction of sp³-hybridized carbons (Fsp3) is 0.158. The monoisotopic (exact) mass is 367 g/mol. The second-order valence-electron chi connectivity index (χ2n) is 5.93. The third-order valence-corrected chi connectivity index (χ3v) is 5.31. The Morgan fingerprint density at radius 3 is 2.54 bits per heavy atom. The van der Waals surface area contributed by atoms with Crippen LogP contribution in [0.4, 0.5) is 5.69 Å². The molecule has 1 aromatic heterocycles. The maximum absolute atomic E-state index is 12.2. The highest BCUT2D eigenvalue weighted by molar-refractivity contribution is 7.16. The van der Waals surface area contributed by atoms with Crippen LogP contribution >= 0.6 is 11.3 Å². The van der Waals surface area contributed by atoms with Gasteiger partial charge in [-0.1, -0.05) is 17.4 Å². The van der Waals surface area contributed by atoms with Crippen molar-refractivity contribution >= 4 is 39.2 Å². The first-order valence-electron chi connectivity index (χ1n) is 7.94. The van der Waals surface area contributed by atoms with E-state index in [2.05, 4.69) is 24.9 Å². The van der Waals surface area contributed by atoms with Crippen molar-refractivity contribution in [3.8, 4) is 0 Å². The number of hydrogen-bond acceptors (Lipinski definition) is 4. The Kier molecular flexibility index (Phi) is 4.81. The van der Waals surface area contributed by atoms with Gasteiger partial charge in [-0.2, -0.15) is 4.99 Å². The van der Waals surface area contributed by atoms with Gasteiger partial charge in [0, 0.05) is 25.3 Å². The molecule has 3 rings (SSSR count). The molecule has 1 heterocycles. The zero-order valence-corrected chi connectivity index (χ0v) is 15.4. The molecule has 0 spiro atoms. The number of carbonyl (C=O) groups excluding carboxylic acids is 1. The molecule has 7 heteroatoms. The molecule has 2 aromatic carbocycles. The number of aromatic nitrogens is 1. The number of fused-ring (bicyclic) bond motifs is 1. The minimum atomic E-state index is -0.459. The average molecular weight is 367 g/mol. The Morgan fingerprint density at radius 1 is 1.19 bits per heavy atom. The second kappa shape index (κ2) is 7.05. The van der Waals surface area contributed by atoms with E-state index in [4.69, 9.17) is 0 Å². The number of thiazole rings is 1. The Balaban J connectivity index is 1.89. The Labute approximate surface area is 153 Å². The minimum absolute atomic E-state index is 0.0149. The molecular weight excluding hydrogens is 350 g/mol. The quantitative estimate of drug-likeness (QED) is 0.400. The molecular formula is C19H17N3O3S.